The fourth-order valence-corrected chi connectivity index (χ4v) is 2.69. The molecule has 0 heterocycles. The van der Waals surface area contributed by atoms with Crippen molar-refractivity contribution in [3.63, 3.8) is 0 Å². The molecular weight excluding hydrogens is 324 g/mol. The number of aryl methyl sites for hydroxylation is 1. The molecule has 0 fully saturated rings. The molecule has 0 aliphatic rings. The Balaban J connectivity index is 1.99. The van der Waals surface area contributed by atoms with Crippen molar-refractivity contribution in [3.05, 3.63) is 96.6 Å². The van der Waals surface area contributed by atoms with Crippen LogP contribution in [-0.4, -0.2) is 17.2 Å². The molecule has 0 aliphatic carbocycles. The molecule has 0 saturated carbocycles. The molecule has 2 rings (SSSR count). The second kappa shape index (κ2) is 9.73. The normalized spacial score (nSPS) is 14.1. The number of rotatable bonds is 9. The summed E-state index contributed by atoms with van der Waals surface area (Å²) in [6.07, 6.45) is 1.45. The van der Waals surface area contributed by atoms with Crippen LogP contribution in [0.2, 0.25) is 0 Å². The molecule has 0 saturated heterocycles. The average molecular weight is 350 g/mol. The molecule has 1 unspecified atom stereocenters. The summed E-state index contributed by atoms with van der Waals surface area (Å²) in [5.41, 5.74) is 2.08. The fourth-order valence-electron chi connectivity index (χ4n) is 2.69. The van der Waals surface area contributed by atoms with Crippen molar-refractivity contribution in [2.75, 3.05) is 0 Å². The van der Waals surface area contributed by atoms with Crippen molar-refractivity contribution >= 4 is 5.97 Å². The Kier molecular flexibility index (Phi) is 7.37. The molecule has 0 amide bonds. The van der Waals surface area contributed by atoms with E-state index in [4.69, 9.17) is 4.74 Å². The van der Waals surface area contributed by atoms with Gasteiger partial charge in [0, 0.05) is 5.92 Å². The van der Waals surface area contributed by atoms with Crippen LogP contribution in [0.5, 0.6) is 0 Å². The van der Waals surface area contributed by atoms with Crippen molar-refractivity contribution in [2.45, 2.75) is 32.0 Å². The molecule has 2 aromatic carbocycles. The second-order valence-corrected chi connectivity index (χ2v) is 6.40. The van der Waals surface area contributed by atoms with Gasteiger partial charge in [-0.05, 0) is 24.0 Å². The third-order valence-electron chi connectivity index (χ3n) is 4.43. The van der Waals surface area contributed by atoms with E-state index in [1.807, 2.05) is 67.6 Å². The quantitative estimate of drug-likeness (QED) is 0.407. The van der Waals surface area contributed by atoms with E-state index in [-0.39, 0.29) is 11.5 Å². The Morgan fingerprint density at radius 2 is 1.69 bits per heavy atom. The Morgan fingerprint density at radius 3 is 2.27 bits per heavy atom. The van der Waals surface area contributed by atoms with E-state index in [9.17, 15) is 9.90 Å². The summed E-state index contributed by atoms with van der Waals surface area (Å²) >= 11 is 0. The van der Waals surface area contributed by atoms with Gasteiger partial charge in [-0.3, -0.25) is 0 Å². The van der Waals surface area contributed by atoms with Gasteiger partial charge in [0.1, 0.15) is 6.10 Å². The molecule has 26 heavy (non-hydrogen) atoms. The Bertz CT molecular complexity index is 722. The van der Waals surface area contributed by atoms with Gasteiger partial charge in [-0.2, -0.15) is 0 Å². The largest absolute Gasteiger partial charge is 0.453 e. The first-order chi connectivity index (χ1) is 12.5. The van der Waals surface area contributed by atoms with Crippen LogP contribution >= 0.6 is 0 Å². The number of esters is 1. The van der Waals surface area contributed by atoms with E-state index in [0.717, 1.165) is 11.1 Å². The van der Waals surface area contributed by atoms with E-state index >= 15 is 0 Å². The van der Waals surface area contributed by atoms with Gasteiger partial charge >= 0.3 is 5.97 Å². The van der Waals surface area contributed by atoms with E-state index in [1.54, 1.807) is 6.08 Å². The zero-order valence-electron chi connectivity index (χ0n) is 15.2. The van der Waals surface area contributed by atoms with Gasteiger partial charge < -0.3 is 9.84 Å². The Morgan fingerprint density at radius 1 is 1.12 bits per heavy atom. The molecule has 2 aromatic rings. The lowest BCUT2D eigenvalue weighted by Crippen LogP contribution is -2.24. The van der Waals surface area contributed by atoms with Gasteiger partial charge in [-0.15, -0.1) is 6.58 Å². The van der Waals surface area contributed by atoms with Gasteiger partial charge in [0.2, 0.25) is 0 Å². The summed E-state index contributed by atoms with van der Waals surface area (Å²) in [5.74, 6) is -0.635. The van der Waals surface area contributed by atoms with Gasteiger partial charge in [0.15, 0.2) is 0 Å². The lowest BCUT2D eigenvalue weighted by atomic mass is 9.97. The van der Waals surface area contributed by atoms with Gasteiger partial charge in [-0.25, -0.2) is 4.79 Å². The van der Waals surface area contributed by atoms with Gasteiger partial charge in [-0.1, -0.05) is 80.2 Å². The molecule has 0 bridgehead atoms. The zero-order valence-corrected chi connectivity index (χ0v) is 15.2. The summed E-state index contributed by atoms with van der Waals surface area (Å²) in [5, 5.41) is 10.3. The van der Waals surface area contributed by atoms with Crippen LogP contribution in [0.15, 0.2) is 85.5 Å². The van der Waals surface area contributed by atoms with Crippen LogP contribution in [0, 0.1) is 5.92 Å². The number of carbonyl (C=O) groups is 1. The van der Waals surface area contributed by atoms with Crippen molar-refractivity contribution < 1.29 is 14.6 Å². The molecule has 0 aromatic heterocycles. The smallest absolute Gasteiger partial charge is 0.336 e. The Labute approximate surface area is 155 Å². The van der Waals surface area contributed by atoms with Crippen molar-refractivity contribution in [2.24, 2.45) is 5.92 Å². The van der Waals surface area contributed by atoms with E-state index in [2.05, 4.69) is 13.2 Å². The van der Waals surface area contributed by atoms with E-state index in [1.165, 1.54) is 0 Å². The highest BCUT2D eigenvalue weighted by Crippen LogP contribution is 2.28. The summed E-state index contributed by atoms with van der Waals surface area (Å²) in [4.78, 5) is 12.5. The predicted molar refractivity (Wildman–Crippen MR) is 105 cm³/mol. The third kappa shape index (κ3) is 5.43. The maximum Gasteiger partial charge on any atom is 0.336 e. The molecule has 136 valence electrons. The van der Waals surface area contributed by atoms with E-state index < -0.39 is 18.2 Å². The Hall–Kier alpha value is -2.65. The maximum atomic E-state index is 12.5. The maximum absolute atomic E-state index is 12.5. The topological polar surface area (TPSA) is 46.5 Å². The highest BCUT2D eigenvalue weighted by atomic mass is 16.5. The number of hydrogen-bond acceptors (Lipinski definition) is 3. The van der Waals surface area contributed by atoms with Crippen LogP contribution in [0.25, 0.3) is 0 Å². The van der Waals surface area contributed by atoms with Crippen molar-refractivity contribution in [1.82, 2.24) is 0 Å². The standard InChI is InChI=1S/C23H26O3/c1-4-17(2)22(20-13-9-6-10-14-20)26-23(25)18(3)21(24)16-15-19-11-7-5-8-12-19/h4-14,17,21-22,24H,1,3,15-16H2,2H3/t17-,21?,22+/m0/s1. The fraction of sp³-hybridized carbons (Fsp3) is 0.261. The number of aliphatic hydroxyl groups is 1. The predicted octanol–water partition coefficient (Wildman–Crippen LogP) is 4.64. The summed E-state index contributed by atoms with van der Waals surface area (Å²) in [6, 6.07) is 19.4. The molecule has 0 radical (unpaired) electrons. The lowest BCUT2D eigenvalue weighted by Gasteiger charge is -2.24. The second-order valence-electron chi connectivity index (χ2n) is 6.40. The highest BCUT2D eigenvalue weighted by molar-refractivity contribution is 5.89. The number of aliphatic hydroxyl groups excluding tert-OH is 1. The first-order valence-electron chi connectivity index (χ1n) is 8.82. The van der Waals surface area contributed by atoms with Crippen LogP contribution in [0.4, 0.5) is 0 Å². The first kappa shape index (κ1) is 19.7. The van der Waals surface area contributed by atoms with Crippen LogP contribution in [-0.2, 0) is 16.0 Å². The van der Waals surface area contributed by atoms with Crippen LogP contribution in [0.1, 0.15) is 30.6 Å². The number of carbonyl (C=O) groups excluding carboxylic acids is 1. The third-order valence-corrected chi connectivity index (χ3v) is 4.43. The summed E-state index contributed by atoms with van der Waals surface area (Å²) in [7, 11) is 0. The summed E-state index contributed by atoms with van der Waals surface area (Å²) < 4.78 is 5.65. The average Bonchev–Trinajstić information content (AvgIpc) is 2.70. The molecule has 0 aliphatic heterocycles. The minimum atomic E-state index is -0.932. The van der Waals surface area contributed by atoms with Gasteiger partial charge in [0.05, 0.1) is 11.7 Å². The van der Waals surface area contributed by atoms with Crippen molar-refractivity contribution in [3.8, 4) is 0 Å². The lowest BCUT2D eigenvalue weighted by molar-refractivity contribution is -0.147. The molecule has 3 atom stereocenters. The molecular formula is C23H26O3. The molecule has 3 nitrogen and oxygen atoms in total. The highest BCUT2D eigenvalue weighted by Gasteiger charge is 2.25. The number of ether oxygens (including phenoxy) is 1. The van der Waals surface area contributed by atoms with E-state index in [0.29, 0.717) is 12.8 Å². The molecule has 1 N–H and O–H groups in total. The SMILES string of the molecule is C=C[C@H](C)[C@@H](OC(=O)C(=C)C(O)CCc1ccccc1)c1ccccc1. The minimum absolute atomic E-state index is 0.0596. The minimum Gasteiger partial charge on any atom is -0.453 e. The number of hydrogen-bond donors (Lipinski definition) is 1. The zero-order chi connectivity index (χ0) is 18.9. The first-order valence-corrected chi connectivity index (χ1v) is 8.82. The molecule has 3 heteroatoms. The summed E-state index contributed by atoms with van der Waals surface area (Å²) in [6.45, 7) is 9.48. The number of benzene rings is 2. The van der Waals surface area contributed by atoms with Crippen LogP contribution < -0.4 is 0 Å². The molecule has 0 spiro atoms. The monoisotopic (exact) mass is 350 g/mol. The van der Waals surface area contributed by atoms with Gasteiger partial charge in [0.25, 0.3) is 0 Å². The van der Waals surface area contributed by atoms with Crippen LogP contribution in [0.3, 0.4) is 0 Å². The van der Waals surface area contributed by atoms with Crippen molar-refractivity contribution in [1.29, 1.82) is 0 Å².